The Kier molecular flexibility index (Phi) is 6.88. The van der Waals surface area contributed by atoms with E-state index in [1.807, 2.05) is 18.2 Å². The third-order valence-corrected chi connectivity index (χ3v) is 5.08. The zero-order valence-corrected chi connectivity index (χ0v) is 18.4. The van der Waals surface area contributed by atoms with Gasteiger partial charge in [-0.1, -0.05) is 30.3 Å². The van der Waals surface area contributed by atoms with Crippen LogP contribution in [0.15, 0.2) is 79.1 Å². The molecule has 0 spiro atoms. The predicted molar refractivity (Wildman–Crippen MR) is 127 cm³/mol. The molecule has 0 unspecified atom stereocenters. The molecule has 0 saturated heterocycles. The van der Waals surface area contributed by atoms with Gasteiger partial charge in [0, 0.05) is 30.1 Å². The number of aromatic carboxylic acids is 1. The molecule has 0 aliphatic carbocycles. The summed E-state index contributed by atoms with van der Waals surface area (Å²) in [6, 6.07) is 20.1. The molecule has 0 aliphatic heterocycles. The first-order valence-corrected chi connectivity index (χ1v) is 10.6. The smallest absolute Gasteiger partial charge is 0.337 e. The molecule has 2 heterocycles. The van der Waals surface area contributed by atoms with Gasteiger partial charge in [-0.25, -0.2) is 14.8 Å². The van der Waals surface area contributed by atoms with Crippen molar-refractivity contribution in [2.45, 2.75) is 13.3 Å². The van der Waals surface area contributed by atoms with Gasteiger partial charge in [0.25, 0.3) is 5.91 Å². The third kappa shape index (κ3) is 5.60. The number of amides is 1. The van der Waals surface area contributed by atoms with Gasteiger partial charge in [0.05, 0.1) is 17.9 Å². The molecule has 0 atom stereocenters. The third-order valence-electron chi connectivity index (χ3n) is 5.08. The number of hydrogen-bond acceptors (Lipinski definition) is 6. The fourth-order valence-electron chi connectivity index (χ4n) is 3.26. The highest BCUT2D eigenvalue weighted by molar-refractivity contribution is 6.03. The molecule has 0 saturated carbocycles. The van der Waals surface area contributed by atoms with Gasteiger partial charge >= 0.3 is 5.97 Å². The Hall–Kier alpha value is -4.59. The van der Waals surface area contributed by atoms with Gasteiger partial charge in [-0.3, -0.25) is 9.78 Å². The zero-order valence-electron chi connectivity index (χ0n) is 18.4. The molecule has 2 N–H and O–H groups in total. The van der Waals surface area contributed by atoms with Crippen molar-refractivity contribution in [3.63, 3.8) is 0 Å². The van der Waals surface area contributed by atoms with Gasteiger partial charge in [-0.2, -0.15) is 0 Å². The summed E-state index contributed by atoms with van der Waals surface area (Å²) in [4.78, 5) is 36.6. The molecule has 0 radical (unpaired) electrons. The van der Waals surface area contributed by atoms with Crippen molar-refractivity contribution in [3.05, 3.63) is 102 Å². The topological polar surface area (TPSA) is 114 Å². The van der Waals surface area contributed by atoms with Crippen LogP contribution in [0.1, 0.15) is 32.1 Å². The molecule has 2 aromatic heterocycles. The van der Waals surface area contributed by atoms with Gasteiger partial charge in [0.2, 0.25) is 0 Å². The number of nitrogens with one attached hydrogen (secondary N) is 1. The van der Waals surface area contributed by atoms with Crippen LogP contribution in [0, 0.1) is 6.92 Å². The average Bonchev–Trinajstić information content (AvgIpc) is 2.86. The first-order chi connectivity index (χ1) is 16.5. The number of ether oxygens (including phenoxy) is 1. The highest BCUT2D eigenvalue weighted by Crippen LogP contribution is 2.19. The minimum absolute atomic E-state index is 0.0574. The second-order valence-electron chi connectivity index (χ2n) is 7.49. The Labute approximate surface area is 196 Å². The van der Waals surface area contributed by atoms with E-state index < -0.39 is 11.9 Å². The number of aromatic nitrogens is 3. The number of carbonyl (C=O) groups is 2. The maximum Gasteiger partial charge on any atom is 0.337 e. The number of carbonyl (C=O) groups excluding carboxylic acids is 1. The van der Waals surface area contributed by atoms with Crippen molar-refractivity contribution in [1.82, 2.24) is 15.0 Å². The number of rotatable bonds is 8. The molecule has 0 fully saturated rings. The molecule has 8 nitrogen and oxygen atoms in total. The number of anilines is 1. The molecular weight excluding hydrogens is 432 g/mol. The van der Waals surface area contributed by atoms with Gasteiger partial charge in [-0.15, -0.1) is 0 Å². The molecule has 170 valence electrons. The van der Waals surface area contributed by atoms with E-state index in [-0.39, 0.29) is 17.1 Å². The summed E-state index contributed by atoms with van der Waals surface area (Å²) in [5, 5.41) is 12.1. The van der Waals surface area contributed by atoms with Crippen molar-refractivity contribution < 1.29 is 19.4 Å². The lowest BCUT2D eigenvalue weighted by molar-refractivity contribution is 0.0695. The average molecular weight is 454 g/mol. The maximum atomic E-state index is 12.7. The van der Waals surface area contributed by atoms with Crippen LogP contribution < -0.4 is 10.1 Å². The fraction of sp³-hybridized carbons (Fsp3) is 0.115. The largest absolute Gasteiger partial charge is 0.493 e. The molecule has 0 bridgehead atoms. The number of aryl methyl sites for hydroxylation is 1. The lowest BCUT2D eigenvalue weighted by Gasteiger charge is -2.09. The second kappa shape index (κ2) is 10.4. The second-order valence-corrected chi connectivity index (χ2v) is 7.49. The van der Waals surface area contributed by atoms with Crippen molar-refractivity contribution in [3.8, 4) is 17.1 Å². The summed E-state index contributed by atoms with van der Waals surface area (Å²) in [5.41, 5.74) is 2.79. The maximum absolute atomic E-state index is 12.7. The van der Waals surface area contributed by atoms with Gasteiger partial charge in [0.1, 0.15) is 11.4 Å². The molecule has 4 aromatic rings. The summed E-state index contributed by atoms with van der Waals surface area (Å²) in [6.45, 7) is 2.16. The van der Waals surface area contributed by atoms with Crippen molar-refractivity contribution >= 4 is 17.6 Å². The van der Waals surface area contributed by atoms with E-state index in [0.717, 1.165) is 6.42 Å². The lowest BCUT2D eigenvalue weighted by atomic mass is 10.1. The molecule has 8 heteroatoms. The summed E-state index contributed by atoms with van der Waals surface area (Å²) in [6.07, 6.45) is 3.73. The monoisotopic (exact) mass is 454 g/mol. The van der Waals surface area contributed by atoms with E-state index in [1.54, 1.807) is 31.2 Å². The van der Waals surface area contributed by atoms with Crippen LogP contribution >= 0.6 is 0 Å². The molecule has 2 aromatic carbocycles. The van der Waals surface area contributed by atoms with Crippen molar-refractivity contribution in [2.24, 2.45) is 0 Å². The number of hydrogen-bond donors (Lipinski definition) is 2. The highest BCUT2D eigenvalue weighted by Gasteiger charge is 2.14. The van der Waals surface area contributed by atoms with Gasteiger partial charge in [0.15, 0.2) is 5.82 Å². The SMILES string of the molecule is Cc1ncc(-c2nccc(C(=O)Nc3ccc(OCCc4ccccc4)cc3)n2)cc1C(=O)O. The fourth-order valence-corrected chi connectivity index (χ4v) is 3.26. The molecule has 34 heavy (non-hydrogen) atoms. The lowest BCUT2D eigenvalue weighted by Crippen LogP contribution is -2.14. The van der Waals surface area contributed by atoms with Gasteiger partial charge in [-0.05, 0) is 48.9 Å². The first-order valence-electron chi connectivity index (χ1n) is 10.6. The van der Waals surface area contributed by atoms with E-state index in [2.05, 4.69) is 32.4 Å². The predicted octanol–water partition coefficient (Wildman–Crippen LogP) is 4.42. The van der Waals surface area contributed by atoms with Crippen LogP contribution in [-0.2, 0) is 6.42 Å². The molecule has 0 aliphatic rings. The Morgan fingerprint density at radius 1 is 1.00 bits per heavy atom. The van der Waals surface area contributed by atoms with Crippen LogP contribution in [0.25, 0.3) is 11.4 Å². The summed E-state index contributed by atoms with van der Waals surface area (Å²) in [7, 11) is 0. The molecular formula is C26H22N4O4. The van der Waals surface area contributed by atoms with Crippen LogP contribution in [0.3, 0.4) is 0 Å². The van der Waals surface area contributed by atoms with E-state index in [4.69, 9.17) is 4.74 Å². The van der Waals surface area contributed by atoms with E-state index in [1.165, 1.54) is 30.1 Å². The Bertz CT molecular complexity index is 1310. The number of carboxylic acids is 1. The van der Waals surface area contributed by atoms with Gasteiger partial charge < -0.3 is 15.2 Å². The molecule has 1 amide bonds. The highest BCUT2D eigenvalue weighted by atomic mass is 16.5. The van der Waals surface area contributed by atoms with E-state index >= 15 is 0 Å². The summed E-state index contributed by atoms with van der Waals surface area (Å²) in [5.74, 6) is -0.586. The summed E-state index contributed by atoms with van der Waals surface area (Å²) >= 11 is 0. The van der Waals surface area contributed by atoms with Crippen molar-refractivity contribution in [1.29, 1.82) is 0 Å². The minimum atomic E-state index is -1.09. The number of benzene rings is 2. The van der Waals surface area contributed by atoms with E-state index in [9.17, 15) is 14.7 Å². The number of carboxylic acid groups (broad SMARTS) is 1. The Morgan fingerprint density at radius 3 is 2.50 bits per heavy atom. The Morgan fingerprint density at radius 2 is 1.76 bits per heavy atom. The van der Waals surface area contributed by atoms with Crippen LogP contribution in [0.4, 0.5) is 5.69 Å². The normalized spacial score (nSPS) is 10.5. The van der Waals surface area contributed by atoms with Crippen LogP contribution in [-0.4, -0.2) is 38.5 Å². The standard InChI is InChI=1S/C26H22N4O4/c1-17-22(26(32)33)15-19(16-28-17)24-27-13-11-23(30-24)25(31)29-20-7-9-21(10-8-20)34-14-12-18-5-3-2-4-6-18/h2-11,13,15-16H,12,14H2,1H3,(H,29,31)(H,32,33). The zero-order chi connectivity index (χ0) is 23.9. The summed E-state index contributed by atoms with van der Waals surface area (Å²) < 4.78 is 5.77. The quantitative estimate of drug-likeness (QED) is 0.405. The van der Waals surface area contributed by atoms with Crippen LogP contribution in [0.5, 0.6) is 5.75 Å². The van der Waals surface area contributed by atoms with Crippen LogP contribution in [0.2, 0.25) is 0 Å². The minimum Gasteiger partial charge on any atom is -0.493 e. The number of pyridine rings is 1. The molecule has 4 rings (SSSR count). The first kappa shape index (κ1) is 22.6. The Balaban J connectivity index is 1.39. The van der Waals surface area contributed by atoms with Crippen molar-refractivity contribution in [2.75, 3.05) is 11.9 Å². The number of nitrogens with zero attached hydrogens (tertiary/aromatic N) is 3. The van der Waals surface area contributed by atoms with E-state index in [0.29, 0.717) is 29.3 Å².